The quantitative estimate of drug-likeness (QED) is 0.430. The molecule has 0 amide bonds. The number of ether oxygens (including phenoxy) is 1. The summed E-state index contributed by atoms with van der Waals surface area (Å²) in [5, 5.41) is 4.12. The largest absolute Gasteiger partial charge is 0.755 e. The summed E-state index contributed by atoms with van der Waals surface area (Å²) >= 11 is -0.770. The zero-order chi connectivity index (χ0) is 21.6. The minimum absolute atomic E-state index is 0.510. The molecule has 2 rings (SSSR count). The Hall–Kier alpha value is -1.25. The topological polar surface area (TPSA) is 64.6 Å². The van der Waals surface area contributed by atoms with E-state index in [1.54, 1.807) is 18.4 Å². The molecule has 29 heavy (non-hydrogen) atoms. The Bertz CT molecular complexity index is 795. The van der Waals surface area contributed by atoms with E-state index in [2.05, 4.69) is 49.5 Å². The highest BCUT2D eigenvalue weighted by Gasteiger charge is 2.27. The Morgan fingerprint density at radius 2 is 1.90 bits per heavy atom. The monoisotopic (exact) mass is 437 g/mol. The van der Waals surface area contributed by atoms with Gasteiger partial charge in [0.1, 0.15) is 5.00 Å². The molecule has 5 nitrogen and oxygen atoms in total. The second-order valence-corrected chi connectivity index (χ2v) is 10.5. The van der Waals surface area contributed by atoms with Crippen molar-refractivity contribution in [2.75, 3.05) is 24.6 Å². The Labute approximate surface area is 181 Å². The van der Waals surface area contributed by atoms with Crippen LogP contribution in [0.3, 0.4) is 0 Å². The van der Waals surface area contributed by atoms with Crippen LogP contribution >= 0.6 is 11.3 Å². The zero-order valence-corrected chi connectivity index (χ0v) is 19.9. The number of nitrogens with one attached hydrogen (secondary N) is 1. The van der Waals surface area contributed by atoms with E-state index in [1.807, 2.05) is 20.8 Å². The number of rotatable bonds is 10. The second-order valence-electron chi connectivity index (χ2n) is 8.58. The van der Waals surface area contributed by atoms with E-state index in [4.69, 9.17) is 4.74 Å². The zero-order valence-electron chi connectivity index (χ0n) is 18.3. The number of nitrogens with zero attached hydrogens (tertiary/aromatic N) is 1. The van der Waals surface area contributed by atoms with Crippen molar-refractivity contribution in [2.24, 2.45) is 5.92 Å². The molecule has 1 aromatic heterocycles. The van der Waals surface area contributed by atoms with Gasteiger partial charge < -0.3 is 14.6 Å². The summed E-state index contributed by atoms with van der Waals surface area (Å²) in [4.78, 5) is 1.20. The van der Waals surface area contributed by atoms with Crippen molar-refractivity contribution in [1.29, 1.82) is 0 Å². The molecule has 0 saturated carbocycles. The molecule has 1 atom stereocenters. The van der Waals surface area contributed by atoms with Crippen LogP contribution in [0.4, 0.5) is 5.00 Å². The smallest absolute Gasteiger partial charge is 0.111 e. The fraction of sp³-hybridized carbons (Fsp3) is 0.545. The lowest BCUT2D eigenvalue weighted by molar-refractivity contribution is 0.199. The first-order valence-corrected chi connectivity index (χ1v) is 11.8. The van der Waals surface area contributed by atoms with E-state index in [1.165, 1.54) is 14.7 Å². The highest BCUT2D eigenvalue weighted by molar-refractivity contribution is 7.81. The third-order valence-corrected chi connectivity index (χ3v) is 6.68. The van der Waals surface area contributed by atoms with Gasteiger partial charge in [0.05, 0.1) is 6.61 Å². The van der Waals surface area contributed by atoms with E-state index in [-0.39, 0.29) is 0 Å². The normalized spacial score (nSPS) is 13.1. The van der Waals surface area contributed by atoms with Gasteiger partial charge in [0.25, 0.3) is 0 Å². The van der Waals surface area contributed by atoms with E-state index in [0.29, 0.717) is 12.5 Å². The lowest BCUT2D eigenvalue weighted by atomic mass is 10.0. The predicted octanol–water partition coefficient (Wildman–Crippen LogP) is 4.75. The van der Waals surface area contributed by atoms with Gasteiger partial charge in [0, 0.05) is 47.4 Å². The molecule has 0 aliphatic rings. The van der Waals surface area contributed by atoms with Gasteiger partial charge in [0.15, 0.2) is 0 Å². The molecule has 0 radical (unpaired) electrons. The van der Waals surface area contributed by atoms with Gasteiger partial charge in [0.2, 0.25) is 0 Å². The van der Waals surface area contributed by atoms with Crippen LogP contribution in [-0.4, -0.2) is 34.6 Å². The summed E-state index contributed by atoms with van der Waals surface area (Å²) in [6, 6.07) is 10.5. The lowest BCUT2D eigenvalue weighted by Gasteiger charge is -2.38. The molecule has 0 fully saturated rings. The molecule has 0 aliphatic heterocycles. The Kier molecular flexibility index (Phi) is 8.85. The summed E-state index contributed by atoms with van der Waals surface area (Å²) in [6.45, 7) is 12.4. The number of benzene rings is 1. The maximum Gasteiger partial charge on any atom is 0.111 e. The fourth-order valence-electron chi connectivity index (χ4n) is 3.10. The van der Waals surface area contributed by atoms with Crippen molar-refractivity contribution in [1.82, 2.24) is 5.32 Å². The first-order valence-electron chi connectivity index (χ1n) is 9.94. The third-order valence-electron chi connectivity index (χ3n) is 4.39. The highest BCUT2D eigenvalue weighted by atomic mass is 32.2. The van der Waals surface area contributed by atoms with Gasteiger partial charge in [-0.15, -0.1) is 11.3 Å². The number of anilines is 1. The molecule has 0 spiro atoms. The van der Waals surface area contributed by atoms with Crippen molar-refractivity contribution >= 4 is 27.6 Å². The van der Waals surface area contributed by atoms with Crippen LogP contribution in [0.15, 0.2) is 30.3 Å². The average Bonchev–Trinajstić information content (AvgIpc) is 2.99. The van der Waals surface area contributed by atoms with Gasteiger partial charge in [-0.2, -0.15) is 0 Å². The first-order chi connectivity index (χ1) is 13.6. The first kappa shape index (κ1) is 24.0. The minimum Gasteiger partial charge on any atom is -0.755 e. The Morgan fingerprint density at radius 1 is 1.24 bits per heavy atom. The molecule has 0 aliphatic carbocycles. The SMILES string of the molecule is COCCNCc1ccc(-c2cc(CC(C)C)sc2N(S(=O)[O-])C(C)(C)C)cc1. The number of hydrogen-bond acceptors (Lipinski definition) is 5. The molecule has 1 N–H and O–H groups in total. The van der Waals surface area contributed by atoms with Crippen molar-refractivity contribution in [3.05, 3.63) is 40.8 Å². The predicted molar refractivity (Wildman–Crippen MR) is 123 cm³/mol. The molecule has 0 saturated heterocycles. The standard InChI is InChI=1S/C22H34N2O3S2/c1-16(2)13-19-14-20(21(28-19)24(29(25)26)22(3,4)5)18-9-7-17(8-10-18)15-23-11-12-27-6/h7-10,14,16,23H,11-13,15H2,1-6H3,(H,25,26)/p-1. The lowest BCUT2D eigenvalue weighted by Crippen LogP contribution is -2.42. The van der Waals surface area contributed by atoms with Crippen molar-refractivity contribution in [3.8, 4) is 11.1 Å². The van der Waals surface area contributed by atoms with Crippen molar-refractivity contribution in [2.45, 2.75) is 53.1 Å². The summed E-state index contributed by atoms with van der Waals surface area (Å²) in [5.41, 5.74) is 2.66. The van der Waals surface area contributed by atoms with Crippen LogP contribution < -0.4 is 9.62 Å². The molecule has 1 heterocycles. The molecule has 7 heteroatoms. The van der Waals surface area contributed by atoms with E-state index >= 15 is 0 Å². The number of methoxy groups -OCH3 is 1. The van der Waals surface area contributed by atoms with Gasteiger partial charge in [-0.1, -0.05) is 38.1 Å². The van der Waals surface area contributed by atoms with Gasteiger partial charge in [-0.05, 0) is 50.3 Å². The maximum atomic E-state index is 12.1. The summed E-state index contributed by atoms with van der Waals surface area (Å²) in [7, 11) is 1.69. The molecule has 0 bridgehead atoms. The molecular formula is C22H33N2O3S2-. The maximum absolute atomic E-state index is 12.1. The molecule has 162 valence electrons. The van der Waals surface area contributed by atoms with Crippen LogP contribution in [0.25, 0.3) is 11.1 Å². The van der Waals surface area contributed by atoms with Crippen molar-refractivity contribution in [3.63, 3.8) is 0 Å². The van der Waals surface area contributed by atoms with E-state index < -0.39 is 16.8 Å². The number of hydrogen-bond donors (Lipinski definition) is 1. The van der Waals surface area contributed by atoms with Gasteiger partial charge in [-0.3, -0.25) is 8.51 Å². The summed E-state index contributed by atoms with van der Waals surface area (Å²) < 4.78 is 30.8. The number of thiophene rings is 1. The van der Waals surface area contributed by atoms with Crippen LogP contribution in [0.1, 0.15) is 45.1 Å². The third kappa shape index (κ3) is 6.89. The summed E-state index contributed by atoms with van der Waals surface area (Å²) in [6.07, 6.45) is 0.933. The minimum atomic E-state index is -2.35. The fourth-order valence-corrected chi connectivity index (χ4v) is 5.56. The second kappa shape index (κ2) is 10.7. The van der Waals surface area contributed by atoms with Crippen LogP contribution in [0.5, 0.6) is 0 Å². The summed E-state index contributed by atoms with van der Waals surface area (Å²) in [5.74, 6) is 0.510. The molecule has 1 unspecified atom stereocenters. The van der Waals surface area contributed by atoms with E-state index in [9.17, 15) is 8.76 Å². The van der Waals surface area contributed by atoms with Crippen LogP contribution in [0.2, 0.25) is 0 Å². The molecular weight excluding hydrogens is 404 g/mol. The van der Waals surface area contributed by atoms with E-state index in [0.717, 1.165) is 35.6 Å². The van der Waals surface area contributed by atoms with Gasteiger partial charge in [-0.25, -0.2) is 0 Å². The Morgan fingerprint density at radius 3 is 2.41 bits per heavy atom. The van der Waals surface area contributed by atoms with Crippen molar-refractivity contribution < 1.29 is 13.5 Å². The highest BCUT2D eigenvalue weighted by Crippen LogP contribution is 2.43. The molecule has 1 aromatic carbocycles. The molecule has 2 aromatic rings. The average molecular weight is 438 g/mol. The van der Waals surface area contributed by atoms with Crippen LogP contribution in [-0.2, 0) is 29.0 Å². The van der Waals surface area contributed by atoms with Gasteiger partial charge >= 0.3 is 0 Å². The van der Waals surface area contributed by atoms with Crippen LogP contribution in [0, 0.1) is 5.92 Å². The Balaban J connectivity index is 2.37.